The van der Waals surface area contributed by atoms with E-state index in [0.29, 0.717) is 11.5 Å². The molecular formula is C10H13N5O. The maximum Gasteiger partial charge on any atom is 0.242 e. The number of nitrogens with one attached hydrogen (secondary N) is 1. The molecule has 0 aliphatic heterocycles. The summed E-state index contributed by atoms with van der Waals surface area (Å²) in [4.78, 5) is 15.0. The highest BCUT2D eigenvalue weighted by atomic mass is 16.1. The van der Waals surface area contributed by atoms with Crippen LogP contribution in [0, 0.1) is 11.3 Å². The number of primary amides is 1. The summed E-state index contributed by atoms with van der Waals surface area (Å²) in [5.41, 5.74) is 10.2. The molecule has 0 spiro atoms. The summed E-state index contributed by atoms with van der Waals surface area (Å²) in [5, 5.41) is 11.6. The average molecular weight is 219 g/mol. The summed E-state index contributed by atoms with van der Waals surface area (Å²) in [5.74, 6) is -0.126. The molecule has 0 bridgehead atoms. The Balaban J connectivity index is 3.00. The van der Waals surface area contributed by atoms with Gasteiger partial charge in [0.15, 0.2) is 5.69 Å². The van der Waals surface area contributed by atoms with Crippen LogP contribution in [0.25, 0.3) is 0 Å². The number of nitriles is 1. The van der Waals surface area contributed by atoms with Gasteiger partial charge in [0.25, 0.3) is 0 Å². The zero-order valence-electron chi connectivity index (χ0n) is 9.11. The average Bonchev–Trinajstić information content (AvgIpc) is 2.20. The van der Waals surface area contributed by atoms with Crippen molar-refractivity contribution in [2.45, 2.75) is 19.4 Å². The van der Waals surface area contributed by atoms with Crippen LogP contribution >= 0.6 is 0 Å². The van der Waals surface area contributed by atoms with Crippen LogP contribution in [0.2, 0.25) is 0 Å². The Morgan fingerprint density at radius 3 is 2.69 bits per heavy atom. The van der Waals surface area contributed by atoms with Gasteiger partial charge in [0, 0.05) is 0 Å². The molecule has 6 nitrogen and oxygen atoms in total. The Bertz CT molecular complexity index is 461. The van der Waals surface area contributed by atoms with Crippen molar-refractivity contribution in [1.29, 1.82) is 5.26 Å². The molecule has 6 heteroatoms. The molecule has 0 aliphatic rings. The van der Waals surface area contributed by atoms with Crippen LogP contribution in [0.1, 0.15) is 19.5 Å². The van der Waals surface area contributed by atoms with Crippen molar-refractivity contribution >= 4 is 17.4 Å². The van der Waals surface area contributed by atoms with E-state index in [1.54, 1.807) is 26.0 Å². The molecule has 1 aromatic rings. The SMILES string of the molecule is CC(C)(Nc1ccc(N)c(C#N)n1)C(N)=O. The van der Waals surface area contributed by atoms with Gasteiger partial charge in [-0.15, -0.1) is 0 Å². The van der Waals surface area contributed by atoms with Gasteiger partial charge >= 0.3 is 0 Å². The van der Waals surface area contributed by atoms with Crippen molar-refractivity contribution < 1.29 is 4.79 Å². The standard InChI is InChI=1S/C10H13N5O/c1-10(2,9(13)16)15-8-4-3-6(12)7(5-11)14-8/h3-4H,12H2,1-2H3,(H2,13,16)(H,14,15). The van der Waals surface area contributed by atoms with Crippen LogP contribution in [0.5, 0.6) is 0 Å². The number of nitrogens with two attached hydrogens (primary N) is 2. The first-order chi connectivity index (χ1) is 7.36. The molecule has 16 heavy (non-hydrogen) atoms. The second-order valence-corrected chi connectivity index (χ2v) is 3.86. The third-order valence-electron chi connectivity index (χ3n) is 2.09. The Labute approximate surface area is 93.3 Å². The molecule has 0 radical (unpaired) electrons. The first-order valence-electron chi connectivity index (χ1n) is 4.61. The van der Waals surface area contributed by atoms with Crippen molar-refractivity contribution in [2.75, 3.05) is 11.1 Å². The van der Waals surface area contributed by atoms with Gasteiger partial charge in [0.1, 0.15) is 17.4 Å². The normalized spacial score (nSPS) is 10.6. The maximum atomic E-state index is 11.1. The molecule has 1 aromatic heterocycles. The quantitative estimate of drug-likeness (QED) is 0.671. The summed E-state index contributed by atoms with van der Waals surface area (Å²) in [7, 11) is 0. The van der Waals surface area contributed by atoms with Crippen molar-refractivity contribution in [3.63, 3.8) is 0 Å². The fourth-order valence-electron chi connectivity index (χ4n) is 1.01. The number of carbonyl (C=O) groups excluding carboxylic acids is 1. The lowest BCUT2D eigenvalue weighted by Crippen LogP contribution is -2.45. The molecule has 0 unspecified atom stereocenters. The highest BCUT2D eigenvalue weighted by Crippen LogP contribution is 2.16. The van der Waals surface area contributed by atoms with Gasteiger partial charge in [-0.25, -0.2) is 4.98 Å². The minimum atomic E-state index is -0.935. The summed E-state index contributed by atoms with van der Waals surface area (Å²) >= 11 is 0. The number of carbonyl (C=O) groups is 1. The topological polar surface area (TPSA) is 118 Å². The second-order valence-electron chi connectivity index (χ2n) is 3.86. The van der Waals surface area contributed by atoms with Crippen molar-refractivity contribution in [3.8, 4) is 6.07 Å². The van der Waals surface area contributed by atoms with Gasteiger partial charge < -0.3 is 16.8 Å². The summed E-state index contributed by atoms with van der Waals surface area (Å²) < 4.78 is 0. The van der Waals surface area contributed by atoms with Gasteiger partial charge in [-0.3, -0.25) is 4.79 Å². The Hall–Kier alpha value is -2.29. The number of hydrogen-bond acceptors (Lipinski definition) is 5. The third-order valence-corrected chi connectivity index (χ3v) is 2.09. The van der Waals surface area contributed by atoms with Crippen LogP contribution < -0.4 is 16.8 Å². The highest BCUT2D eigenvalue weighted by molar-refractivity contribution is 5.86. The van der Waals surface area contributed by atoms with E-state index >= 15 is 0 Å². The van der Waals surface area contributed by atoms with E-state index in [0.717, 1.165) is 0 Å². The number of pyridine rings is 1. The molecule has 0 aromatic carbocycles. The first-order valence-corrected chi connectivity index (χ1v) is 4.61. The van der Waals surface area contributed by atoms with Crippen LogP contribution in [0.4, 0.5) is 11.5 Å². The van der Waals surface area contributed by atoms with E-state index in [9.17, 15) is 4.79 Å². The number of nitrogens with zero attached hydrogens (tertiary/aromatic N) is 2. The van der Waals surface area contributed by atoms with Crippen LogP contribution in [-0.2, 0) is 4.79 Å². The fraction of sp³-hybridized carbons (Fsp3) is 0.300. The summed E-state index contributed by atoms with van der Waals surface area (Å²) in [6.07, 6.45) is 0. The van der Waals surface area contributed by atoms with E-state index < -0.39 is 11.4 Å². The molecular weight excluding hydrogens is 206 g/mol. The Kier molecular flexibility index (Phi) is 2.99. The maximum absolute atomic E-state index is 11.1. The van der Waals surface area contributed by atoms with Gasteiger partial charge in [-0.1, -0.05) is 0 Å². The van der Waals surface area contributed by atoms with E-state index in [-0.39, 0.29) is 5.69 Å². The number of nitrogen functional groups attached to an aromatic ring is 1. The molecule has 0 fully saturated rings. The molecule has 0 atom stereocenters. The Morgan fingerprint density at radius 2 is 2.19 bits per heavy atom. The smallest absolute Gasteiger partial charge is 0.242 e. The molecule has 1 rings (SSSR count). The van der Waals surface area contributed by atoms with Crippen LogP contribution in [0.15, 0.2) is 12.1 Å². The number of anilines is 2. The number of rotatable bonds is 3. The zero-order chi connectivity index (χ0) is 12.3. The minimum absolute atomic E-state index is 0.116. The first kappa shape index (κ1) is 11.8. The number of hydrogen-bond donors (Lipinski definition) is 3. The predicted molar refractivity (Wildman–Crippen MR) is 60.3 cm³/mol. The van der Waals surface area contributed by atoms with Gasteiger partial charge in [0.2, 0.25) is 5.91 Å². The lowest BCUT2D eigenvalue weighted by Gasteiger charge is -2.22. The van der Waals surface area contributed by atoms with Gasteiger partial charge in [-0.2, -0.15) is 5.26 Å². The Morgan fingerprint density at radius 1 is 1.56 bits per heavy atom. The van der Waals surface area contributed by atoms with E-state index in [1.807, 2.05) is 6.07 Å². The molecule has 1 heterocycles. The van der Waals surface area contributed by atoms with E-state index in [1.165, 1.54) is 0 Å². The lowest BCUT2D eigenvalue weighted by atomic mass is 10.1. The molecule has 0 saturated carbocycles. The molecule has 0 saturated heterocycles. The second kappa shape index (κ2) is 4.06. The van der Waals surface area contributed by atoms with Crippen molar-refractivity contribution in [2.24, 2.45) is 5.73 Å². The molecule has 5 N–H and O–H groups in total. The summed E-state index contributed by atoms with van der Waals surface area (Å²) in [6.45, 7) is 3.25. The van der Waals surface area contributed by atoms with Gasteiger partial charge in [0.05, 0.1) is 5.69 Å². The zero-order valence-corrected chi connectivity index (χ0v) is 9.11. The van der Waals surface area contributed by atoms with Crippen molar-refractivity contribution in [1.82, 2.24) is 4.98 Å². The number of amides is 1. The lowest BCUT2D eigenvalue weighted by molar-refractivity contribution is -0.121. The monoisotopic (exact) mass is 219 g/mol. The highest BCUT2D eigenvalue weighted by Gasteiger charge is 2.24. The number of aromatic nitrogens is 1. The minimum Gasteiger partial charge on any atom is -0.396 e. The fourth-order valence-corrected chi connectivity index (χ4v) is 1.01. The third kappa shape index (κ3) is 2.39. The van der Waals surface area contributed by atoms with Crippen LogP contribution in [0.3, 0.4) is 0 Å². The van der Waals surface area contributed by atoms with Crippen molar-refractivity contribution in [3.05, 3.63) is 17.8 Å². The molecule has 0 aliphatic carbocycles. The molecule has 1 amide bonds. The van der Waals surface area contributed by atoms with E-state index in [4.69, 9.17) is 16.7 Å². The van der Waals surface area contributed by atoms with E-state index in [2.05, 4.69) is 10.3 Å². The van der Waals surface area contributed by atoms with Gasteiger partial charge in [-0.05, 0) is 26.0 Å². The largest absolute Gasteiger partial charge is 0.396 e. The molecule has 84 valence electrons. The van der Waals surface area contributed by atoms with Crippen LogP contribution in [-0.4, -0.2) is 16.4 Å². The predicted octanol–water partition coefficient (Wildman–Crippen LogP) is 0.211. The summed E-state index contributed by atoms with van der Waals surface area (Å²) in [6, 6.07) is 4.99.